The highest BCUT2D eigenvalue weighted by Crippen LogP contribution is 2.33. The molecular weight excluding hydrogens is 422 g/mol. The average Bonchev–Trinajstić information content (AvgIpc) is 3.40. The lowest BCUT2D eigenvalue weighted by molar-refractivity contribution is 0.0391. The van der Waals surface area contributed by atoms with Crippen LogP contribution in [0.3, 0.4) is 0 Å². The van der Waals surface area contributed by atoms with Crippen LogP contribution in [-0.4, -0.2) is 65.0 Å². The van der Waals surface area contributed by atoms with Crippen LogP contribution in [0, 0.1) is 13.8 Å². The van der Waals surface area contributed by atoms with Crippen molar-refractivity contribution >= 4 is 45.0 Å². The zero-order chi connectivity index (χ0) is 20.4. The van der Waals surface area contributed by atoms with Gasteiger partial charge in [0.15, 0.2) is 10.8 Å². The number of anilines is 1. The molecule has 3 heterocycles. The number of carbonyl (C=O) groups excluding carboxylic acids is 1. The van der Waals surface area contributed by atoms with E-state index in [4.69, 9.17) is 9.72 Å². The van der Waals surface area contributed by atoms with E-state index in [0.29, 0.717) is 12.2 Å². The van der Waals surface area contributed by atoms with E-state index in [1.807, 2.05) is 13.1 Å². The fraction of sp³-hybridized carbons (Fsp3) is 0.476. The molecule has 2 aromatic heterocycles. The second kappa shape index (κ2) is 9.87. The lowest BCUT2D eigenvalue weighted by Crippen LogP contribution is -2.43. The van der Waals surface area contributed by atoms with E-state index < -0.39 is 0 Å². The molecule has 0 spiro atoms. The summed E-state index contributed by atoms with van der Waals surface area (Å²) in [6, 6.07) is 5.99. The summed E-state index contributed by atoms with van der Waals surface area (Å²) in [4.78, 5) is 22.3. The van der Waals surface area contributed by atoms with Crippen LogP contribution in [0.1, 0.15) is 28.5 Å². The fourth-order valence-corrected chi connectivity index (χ4v) is 4.64. The first-order chi connectivity index (χ1) is 14.1. The first kappa shape index (κ1) is 22.7. The number of halogens is 1. The van der Waals surface area contributed by atoms with Gasteiger partial charge in [0, 0.05) is 38.9 Å². The third-order valence-corrected chi connectivity index (χ3v) is 6.55. The Bertz CT molecular complexity index is 973. The van der Waals surface area contributed by atoms with Gasteiger partial charge in [-0.15, -0.1) is 12.4 Å². The summed E-state index contributed by atoms with van der Waals surface area (Å²) in [5.41, 5.74) is 3.75. The van der Waals surface area contributed by atoms with Crippen molar-refractivity contribution in [2.75, 3.05) is 44.3 Å². The molecule has 7 nitrogen and oxygen atoms in total. The number of aromatic nitrogens is 3. The summed E-state index contributed by atoms with van der Waals surface area (Å²) in [7, 11) is 0. The minimum absolute atomic E-state index is 0. The number of hydrogen-bond acceptors (Lipinski definition) is 6. The number of rotatable bonds is 6. The Morgan fingerprint density at radius 1 is 1.20 bits per heavy atom. The third kappa shape index (κ3) is 4.67. The van der Waals surface area contributed by atoms with Crippen LogP contribution in [0.4, 0.5) is 5.13 Å². The Labute approximate surface area is 187 Å². The van der Waals surface area contributed by atoms with Crippen molar-refractivity contribution in [3.63, 3.8) is 0 Å². The molecule has 0 atom stereocenters. The van der Waals surface area contributed by atoms with Crippen LogP contribution in [0.25, 0.3) is 10.2 Å². The Hall–Kier alpha value is -2.00. The normalized spacial score (nSPS) is 14.6. The van der Waals surface area contributed by atoms with Crippen molar-refractivity contribution in [2.24, 2.45) is 0 Å². The largest absolute Gasteiger partial charge is 0.379 e. The van der Waals surface area contributed by atoms with Crippen LogP contribution >= 0.6 is 23.7 Å². The molecule has 30 heavy (non-hydrogen) atoms. The van der Waals surface area contributed by atoms with Gasteiger partial charge in [0.25, 0.3) is 5.91 Å². The summed E-state index contributed by atoms with van der Waals surface area (Å²) in [6.07, 6.45) is 1.85. The molecule has 3 aromatic rings. The van der Waals surface area contributed by atoms with Gasteiger partial charge >= 0.3 is 0 Å². The number of fused-ring (bicyclic) bond motifs is 1. The average molecular weight is 450 g/mol. The number of thiazole rings is 1. The molecule has 1 fully saturated rings. The Morgan fingerprint density at radius 2 is 1.93 bits per heavy atom. The van der Waals surface area contributed by atoms with E-state index in [1.165, 1.54) is 5.56 Å². The zero-order valence-electron chi connectivity index (χ0n) is 17.6. The van der Waals surface area contributed by atoms with Crippen molar-refractivity contribution in [3.8, 4) is 0 Å². The van der Waals surface area contributed by atoms with E-state index in [2.05, 4.69) is 36.0 Å². The van der Waals surface area contributed by atoms with Gasteiger partial charge in [-0.25, -0.2) is 4.98 Å². The maximum atomic E-state index is 13.4. The Kier molecular flexibility index (Phi) is 7.46. The SMILES string of the molecule is CCn1ccc(C(=O)N(CCN2CCOCC2)c2nc3c(C)ccc(C)c3s2)n1.Cl. The molecular formula is C21H28ClN5O2S. The highest BCUT2D eigenvalue weighted by molar-refractivity contribution is 7.22. The van der Waals surface area contributed by atoms with Crippen LogP contribution in [0.15, 0.2) is 24.4 Å². The van der Waals surface area contributed by atoms with Gasteiger partial charge in [-0.3, -0.25) is 19.3 Å². The predicted octanol–water partition coefficient (Wildman–Crippen LogP) is 3.53. The first-order valence-corrected chi connectivity index (χ1v) is 10.9. The zero-order valence-corrected chi connectivity index (χ0v) is 19.3. The minimum Gasteiger partial charge on any atom is -0.379 e. The maximum absolute atomic E-state index is 13.4. The molecule has 1 aromatic carbocycles. The standard InChI is InChI=1S/C21H27N5O2S.ClH/c1-4-25-8-7-17(23-25)20(27)26(10-9-24-11-13-28-14-12-24)21-22-18-15(2)5-6-16(3)19(18)29-21;/h5-8H,4,9-14H2,1-3H3;1H. The molecule has 0 radical (unpaired) electrons. The van der Waals surface area contributed by atoms with E-state index in [0.717, 1.165) is 60.3 Å². The molecule has 0 bridgehead atoms. The first-order valence-electron chi connectivity index (χ1n) is 10.1. The van der Waals surface area contributed by atoms with Crippen molar-refractivity contribution < 1.29 is 9.53 Å². The highest BCUT2D eigenvalue weighted by Gasteiger charge is 2.25. The number of carbonyl (C=O) groups is 1. The molecule has 4 rings (SSSR count). The number of morpholine rings is 1. The van der Waals surface area contributed by atoms with Gasteiger partial charge in [0.1, 0.15) is 0 Å². The van der Waals surface area contributed by atoms with Gasteiger partial charge in [0.2, 0.25) is 0 Å². The van der Waals surface area contributed by atoms with Gasteiger partial charge in [-0.1, -0.05) is 23.5 Å². The molecule has 0 N–H and O–H groups in total. The number of aryl methyl sites for hydroxylation is 3. The predicted molar refractivity (Wildman–Crippen MR) is 123 cm³/mol. The van der Waals surface area contributed by atoms with E-state index in [9.17, 15) is 4.79 Å². The Balaban J connectivity index is 0.00000256. The lowest BCUT2D eigenvalue weighted by atomic mass is 10.1. The van der Waals surface area contributed by atoms with E-state index in [1.54, 1.807) is 27.0 Å². The topological polar surface area (TPSA) is 63.5 Å². The van der Waals surface area contributed by atoms with E-state index in [-0.39, 0.29) is 18.3 Å². The summed E-state index contributed by atoms with van der Waals surface area (Å²) in [6.45, 7) is 11.5. The van der Waals surface area contributed by atoms with Gasteiger partial charge in [-0.2, -0.15) is 5.10 Å². The summed E-state index contributed by atoms with van der Waals surface area (Å²) < 4.78 is 8.36. The minimum atomic E-state index is -0.0974. The van der Waals surface area contributed by atoms with Crippen LogP contribution in [0.5, 0.6) is 0 Å². The molecule has 1 aliphatic rings. The monoisotopic (exact) mass is 449 g/mol. The number of hydrogen-bond donors (Lipinski definition) is 0. The number of amides is 1. The fourth-order valence-electron chi connectivity index (χ4n) is 3.50. The van der Waals surface area contributed by atoms with Gasteiger partial charge in [0.05, 0.1) is 23.4 Å². The second-order valence-electron chi connectivity index (χ2n) is 7.34. The van der Waals surface area contributed by atoms with Gasteiger partial charge < -0.3 is 4.74 Å². The lowest BCUT2D eigenvalue weighted by Gasteiger charge is -2.29. The van der Waals surface area contributed by atoms with Crippen molar-refractivity contribution in [2.45, 2.75) is 27.3 Å². The smallest absolute Gasteiger partial charge is 0.280 e. The maximum Gasteiger partial charge on any atom is 0.280 e. The quantitative estimate of drug-likeness (QED) is 0.576. The molecule has 9 heteroatoms. The molecule has 0 saturated carbocycles. The van der Waals surface area contributed by atoms with E-state index >= 15 is 0 Å². The molecule has 1 aliphatic heterocycles. The summed E-state index contributed by atoms with van der Waals surface area (Å²) in [5.74, 6) is -0.0974. The molecule has 162 valence electrons. The number of ether oxygens (including phenoxy) is 1. The summed E-state index contributed by atoms with van der Waals surface area (Å²) in [5, 5.41) is 5.17. The van der Waals surface area contributed by atoms with Crippen LogP contribution in [0.2, 0.25) is 0 Å². The van der Waals surface area contributed by atoms with Crippen LogP contribution in [-0.2, 0) is 11.3 Å². The van der Waals surface area contributed by atoms with Crippen molar-refractivity contribution in [3.05, 3.63) is 41.2 Å². The van der Waals surface area contributed by atoms with Crippen molar-refractivity contribution in [1.82, 2.24) is 19.7 Å². The number of nitrogens with zero attached hydrogens (tertiary/aromatic N) is 5. The second-order valence-corrected chi connectivity index (χ2v) is 8.32. The number of benzene rings is 1. The van der Waals surface area contributed by atoms with Crippen LogP contribution < -0.4 is 4.90 Å². The molecule has 0 unspecified atom stereocenters. The molecule has 1 saturated heterocycles. The van der Waals surface area contributed by atoms with Gasteiger partial charge in [-0.05, 0) is 38.0 Å². The summed E-state index contributed by atoms with van der Waals surface area (Å²) >= 11 is 1.58. The Morgan fingerprint density at radius 3 is 2.60 bits per heavy atom. The third-order valence-electron chi connectivity index (χ3n) is 5.33. The molecule has 1 amide bonds. The highest BCUT2D eigenvalue weighted by atomic mass is 35.5. The van der Waals surface area contributed by atoms with Crippen molar-refractivity contribution in [1.29, 1.82) is 0 Å². The molecule has 0 aliphatic carbocycles.